The van der Waals surface area contributed by atoms with Crippen LogP contribution in [0.15, 0.2) is 12.3 Å². The third-order valence-corrected chi connectivity index (χ3v) is 4.58. The standard InChI is InChI=1S/C16H24N4O/c1-2-11(6-10-21)15-19-14-13(5-9-18-16(14)20-15)12-3-7-17-8-4-12/h5,9,11-12,17,21H,2-4,6-8,10H2,1H3,(H,18,19,20). The Morgan fingerprint density at radius 1 is 1.38 bits per heavy atom. The third kappa shape index (κ3) is 2.94. The fourth-order valence-corrected chi connectivity index (χ4v) is 3.30. The number of imidazole rings is 1. The number of aliphatic hydroxyl groups excluding tert-OH is 1. The second-order valence-corrected chi connectivity index (χ2v) is 5.86. The molecular weight excluding hydrogens is 264 g/mol. The van der Waals surface area contributed by atoms with Gasteiger partial charge in [-0.15, -0.1) is 0 Å². The van der Waals surface area contributed by atoms with Gasteiger partial charge in [-0.1, -0.05) is 6.92 Å². The van der Waals surface area contributed by atoms with E-state index >= 15 is 0 Å². The summed E-state index contributed by atoms with van der Waals surface area (Å²) in [6.45, 7) is 4.49. The molecule has 3 rings (SSSR count). The van der Waals surface area contributed by atoms with Crippen LogP contribution in [-0.2, 0) is 0 Å². The number of aromatic amines is 1. The van der Waals surface area contributed by atoms with Crippen LogP contribution in [-0.4, -0.2) is 39.8 Å². The highest BCUT2D eigenvalue weighted by Gasteiger charge is 2.21. The number of hydrogen-bond acceptors (Lipinski definition) is 4. The highest BCUT2D eigenvalue weighted by Crippen LogP contribution is 2.31. The molecule has 1 fully saturated rings. The number of hydrogen-bond donors (Lipinski definition) is 3. The molecule has 1 unspecified atom stereocenters. The highest BCUT2D eigenvalue weighted by atomic mass is 16.3. The van der Waals surface area contributed by atoms with Gasteiger partial charge in [0.2, 0.25) is 0 Å². The van der Waals surface area contributed by atoms with Gasteiger partial charge in [-0.25, -0.2) is 9.97 Å². The van der Waals surface area contributed by atoms with Crippen molar-refractivity contribution in [2.75, 3.05) is 19.7 Å². The maximum absolute atomic E-state index is 9.20. The van der Waals surface area contributed by atoms with E-state index < -0.39 is 0 Å². The Balaban J connectivity index is 1.96. The van der Waals surface area contributed by atoms with Gasteiger partial charge in [0, 0.05) is 18.7 Å². The molecule has 1 saturated heterocycles. The zero-order valence-corrected chi connectivity index (χ0v) is 12.6. The minimum Gasteiger partial charge on any atom is -0.396 e. The summed E-state index contributed by atoms with van der Waals surface area (Å²) in [6, 6.07) is 2.13. The fourth-order valence-electron chi connectivity index (χ4n) is 3.30. The van der Waals surface area contributed by atoms with Crippen molar-refractivity contribution in [3.05, 3.63) is 23.7 Å². The van der Waals surface area contributed by atoms with Crippen LogP contribution >= 0.6 is 0 Å². The second-order valence-electron chi connectivity index (χ2n) is 5.86. The summed E-state index contributed by atoms with van der Waals surface area (Å²) in [6.07, 6.45) is 5.93. The van der Waals surface area contributed by atoms with Gasteiger partial charge < -0.3 is 15.4 Å². The Hall–Kier alpha value is -1.46. The zero-order valence-electron chi connectivity index (χ0n) is 12.6. The molecule has 114 valence electrons. The number of pyridine rings is 1. The van der Waals surface area contributed by atoms with Crippen LogP contribution in [0, 0.1) is 0 Å². The lowest BCUT2D eigenvalue weighted by Gasteiger charge is -2.23. The van der Waals surface area contributed by atoms with Gasteiger partial charge in [0.1, 0.15) is 5.82 Å². The summed E-state index contributed by atoms with van der Waals surface area (Å²) in [4.78, 5) is 12.6. The topological polar surface area (TPSA) is 73.8 Å². The van der Waals surface area contributed by atoms with E-state index in [1.807, 2.05) is 6.20 Å². The molecule has 3 N–H and O–H groups in total. The van der Waals surface area contributed by atoms with Crippen molar-refractivity contribution in [1.82, 2.24) is 20.3 Å². The van der Waals surface area contributed by atoms with Gasteiger partial charge in [-0.3, -0.25) is 0 Å². The summed E-state index contributed by atoms with van der Waals surface area (Å²) in [5, 5.41) is 12.6. The number of aliphatic hydroxyl groups is 1. The van der Waals surface area contributed by atoms with E-state index in [0.717, 1.165) is 42.9 Å². The lowest BCUT2D eigenvalue weighted by atomic mass is 9.90. The van der Waals surface area contributed by atoms with E-state index in [-0.39, 0.29) is 12.5 Å². The SMILES string of the molecule is CCC(CCO)c1nc2nccc(C3CCNCC3)c2[nH]1. The van der Waals surface area contributed by atoms with Crippen LogP contribution < -0.4 is 5.32 Å². The van der Waals surface area contributed by atoms with Crippen molar-refractivity contribution in [3.8, 4) is 0 Å². The van der Waals surface area contributed by atoms with Crippen LogP contribution in [0.4, 0.5) is 0 Å². The van der Waals surface area contributed by atoms with E-state index in [9.17, 15) is 5.11 Å². The summed E-state index contributed by atoms with van der Waals surface area (Å²) in [7, 11) is 0. The molecule has 0 aliphatic carbocycles. The van der Waals surface area contributed by atoms with E-state index in [0.29, 0.717) is 5.92 Å². The van der Waals surface area contributed by atoms with Gasteiger partial charge in [-0.05, 0) is 56.3 Å². The molecule has 1 atom stereocenters. The first-order valence-electron chi connectivity index (χ1n) is 7.99. The van der Waals surface area contributed by atoms with Gasteiger partial charge >= 0.3 is 0 Å². The molecule has 3 heterocycles. The van der Waals surface area contributed by atoms with E-state index in [4.69, 9.17) is 0 Å². The Morgan fingerprint density at radius 3 is 2.90 bits per heavy atom. The molecule has 2 aromatic rings. The van der Waals surface area contributed by atoms with E-state index in [1.54, 1.807) is 0 Å². The molecule has 0 aromatic carbocycles. The van der Waals surface area contributed by atoms with Crippen LogP contribution in [0.3, 0.4) is 0 Å². The minimum absolute atomic E-state index is 0.199. The van der Waals surface area contributed by atoms with Gasteiger partial charge in [0.25, 0.3) is 0 Å². The Bertz CT molecular complexity index is 589. The molecule has 0 amide bonds. The molecule has 0 spiro atoms. The summed E-state index contributed by atoms with van der Waals surface area (Å²) in [5.41, 5.74) is 3.26. The Kier molecular flexibility index (Phi) is 4.51. The monoisotopic (exact) mass is 288 g/mol. The number of H-pyrrole nitrogens is 1. The highest BCUT2D eigenvalue weighted by molar-refractivity contribution is 5.75. The van der Waals surface area contributed by atoms with Gasteiger partial charge in [0.05, 0.1) is 5.52 Å². The van der Waals surface area contributed by atoms with E-state index in [2.05, 4.69) is 33.3 Å². The lowest BCUT2D eigenvalue weighted by molar-refractivity contribution is 0.272. The summed E-state index contributed by atoms with van der Waals surface area (Å²) < 4.78 is 0. The van der Waals surface area contributed by atoms with Crippen molar-refractivity contribution >= 4 is 11.2 Å². The number of nitrogens with one attached hydrogen (secondary N) is 2. The van der Waals surface area contributed by atoms with Crippen LogP contribution in [0.5, 0.6) is 0 Å². The molecule has 5 nitrogen and oxygen atoms in total. The first kappa shape index (κ1) is 14.5. The van der Waals surface area contributed by atoms with E-state index in [1.165, 1.54) is 18.4 Å². The average molecular weight is 288 g/mol. The molecular formula is C16H24N4O. The Labute approximate surface area is 125 Å². The number of fused-ring (bicyclic) bond motifs is 1. The first-order chi connectivity index (χ1) is 10.3. The van der Waals surface area contributed by atoms with Crippen LogP contribution in [0.1, 0.15) is 55.8 Å². The smallest absolute Gasteiger partial charge is 0.177 e. The van der Waals surface area contributed by atoms with Gasteiger partial charge in [0.15, 0.2) is 5.65 Å². The van der Waals surface area contributed by atoms with Crippen molar-refractivity contribution in [2.45, 2.75) is 44.4 Å². The van der Waals surface area contributed by atoms with Crippen LogP contribution in [0.2, 0.25) is 0 Å². The van der Waals surface area contributed by atoms with Crippen molar-refractivity contribution in [2.24, 2.45) is 0 Å². The predicted molar refractivity (Wildman–Crippen MR) is 83.5 cm³/mol. The molecule has 2 aromatic heterocycles. The second kappa shape index (κ2) is 6.54. The zero-order chi connectivity index (χ0) is 14.7. The molecule has 0 radical (unpaired) electrons. The van der Waals surface area contributed by atoms with Crippen molar-refractivity contribution in [3.63, 3.8) is 0 Å². The normalized spacial score (nSPS) is 18.2. The van der Waals surface area contributed by atoms with Crippen molar-refractivity contribution < 1.29 is 5.11 Å². The maximum atomic E-state index is 9.20. The lowest BCUT2D eigenvalue weighted by Crippen LogP contribution is -2.26. The van der Waals surface area contributed by atoms with Crippen molar-refractivity contribution in [1.29, 1.82) is 0 Å². The minimum atomic E-state index is 0.199. The molecule has 5 heteroatoms. The number of aromatic nitrogens is 3. The average Bonchev–Trinajstić information content (AvgIpc) is 2.97. The quantitative estimate of drug-likeness (QED) is 0.789. The Morgan fingerprint density at radius 2 is 2.19 bits per heavy atom. The molecule has 0 bridgehead atoms. The predicted octanol–water partition coefficient (Wildman–Crippen LogP) is 2.30. The molecule has 21 heavy (non-hydrogen) atoms. The number of nitrogens with zero attached hydrogens (tertiary/aromatic N) is 2. The number of rotatable bonds is 5. The fraction of sp³-hybridized carbons (Fsp3) is 0.625. The number of piperidine rings is 1. The maximum Gasteiger partial charge on any atom is 0.177 e. The van der Waals surface area contributed by atoms with Crippen LogP contribution in [0.25, 0.3) is 11.2 Å². The summed E-state index contributed by atoms with van der Waals surface area (Å²) >= 11 is 0. The largest absolute Gasteiger partial charge is 0.396 e. The summed E-state index contributed by atoms with van der Waals surface area (Å²) in [5.74, 6) is 1.84. The molecule has 1 aliphatic heterocycles. The molecule has 1 aliphatic rings. The third-order valence-electron chi connectivity index (χ3n) is 4.58. The molecule has 0 saturated carbocycles. The van der Waals surface area contributed by atoms with Gasteiger partial charge in [-0.2, -0.15) is 0 Å². The first-order valence-corrected chi connectivity index (χ1v) is 7.99.